The molecular weight excluding hydrogens is 495 g/mol. The second-order valence-corrected chi connectivity index (χ2v) is 9.00. The molecule has 184 valence electrons. The molecule has 10 heteroatoms. The average Bonchev–Trinajstić information content (AvgIpc) is 3.31. The van der Waals surface area contributed by atoms with Gasteiger partial charge in [-0.3, -0.25) is 10.2 Å². The van der Waals surface area contributed by atoms with Crippen LogP contribution in [0.1, 0.15) is 27.0 Å². The molecule has 37 heavy (non-hydrogen) atoms. The summed E-state index contributed by atoms with van der Waals surface area (Å²) in [7, 11) is 1.41. The maximum atomic E-state index is 13.1. The van der Waals surface area contributed by atoms with Gasteiger partial charge in [-0.25, -0.2) is 9.18 Å². The molecule has 2 aliphatic heterocycles. The first kappa shape index (κ1) is 24.1. The number of hydrogen-bond acceptors (Lipinski definition) is 7. The Morgan fingerprint density at radius 2 is 1.84 bits per heavy atom. The maximum Gasteiger partial charge on any atom is 0.343 e. The van der Waals surface area contributed by atoms with Crippen LogP contribution in [-0.2, 0) is 4.79 Å². The lowest BCUT2D eigenvalue weighted by Crippen LogP contribution is -2.35. The number of benzene rings is 3. The maximum absolute atomic E-state index is 13.1. The van der Waals surface area contributed by atoms with Crippen molar-refractivity contribution in [2.45, 2.75) is 6.92 Å². The summed E-state index contributed by atoms with van der Waals surface area (Å²) in [4.78, 5) is 29.3. The molecule has 2 heterocycles. The number of esters is 1. The summed E-state index contributed by atoms with van der Waals surface area (Å²) in [5.74, 6) is -1.42. The summed E-state index contributed by atoms with van der Waals surface area (Å²) in [5.41, 5.74) is 2.69. The normalized spacial score (nSPS) is 15.9. The largest absolute Gasteiger partial charge is 0.493 e. The summed E-state index contributed by atoms with van der Waals surface area (Å²) in [6, 6.07) is 17.4. The lowest BCUT2D eigenvalue weighted by atomic mass is 10.1. The Balaban J connectivity index is 1.40. The van der Waals surface area contributed by atoms with Crippen molar-refractivity contribution in [2.75, 3.05) is 7.11 Å². The van der Waals surface area contributed by atoms with E-state index < -0.39 is 17.7 Å². The van der Waals surface area contributed by atoms with Crippen molar-refractivity contribution in [3.8, 4) is 11.5 Å². The van der Waals surface area contributed by atoms with Crippen molar-refractivity contribution in [3.05, 3.63) is 100 Å². The molecule has 0 saturated heterocycles. The molecule has 0 fully saturated rings. The smallest absolute Gasteiger partial charge is 0.343 e. The number of nitrogens with zero attached hydrogens (tertiary/aromatic N) is 3. The Hall–Kier alpha value is -4.57. The third-order valence-electron chi connectivity index (χ3n) is 5.61. The SMILES string of the molecule is COc1cc(C=C2C(=N)N3N=C(c4ccccc4C)SC3=NC2=O)ccc1OC(=O)c1ccc(F)cc1. The molecule has 3 aromatic rings. The van der Waals surface area contributed by atoms with E-state index in [9.17, 15) is 14.0 Å². The molecule has 0 bridgehead atoms. The topological polar surface area (TPSA) is 104 Å². The summed E-state index contributed by atoms with van der Waals surface area (Å²) in [5, 5.41) is 15.5. The van der Waals surface area contributed by atoms with Crippen LogP contribution in [0.15, 0.2) is 82.4 Å². The lowest BCUT2D eigenvalue weighted by molar-refractivity contribution is -0.114. The van der Waals surface area contributed by atoms with E-state index in [-0.39, 0.29) is 28.5 Å². The van der Waals surface area contributed by atoms with Gasteiger partial charge in [0.15, 0.2) is 17.3 Å². The number of carbonyl (C=O) groups is 2. The molecule has 5 rings (SSSR count). The minimum absolute atomic E-state index is 0.0530. The van der Waals surface area contributed by atoms with E-state index in [1.807, 2.05) is 31.2 Å². The number of amidine groups is 2. The van der Waals surface area contributed by atoms with Gasteiger partial charge < -0.3 is 9.47 Å². The first-order valence-electron chi connectivity index (χ1n) is 11.1. The van der Waals surface area contributed by atoms with E-state index in [1.165, 1.54) is 60.3 Å². The van der Waals surface area contributed by atoms with Crippen molar-refractivity contribution < 1.29 is 23.5 Å². The Morgan fingerprint density at radius 1 is 1.08 bits per heavy atom. The number of rotatable bonds is 5. The standard InChI is InChI=1S/C27H19FN4O4S/c1-15-5-3-4-6-19(15)25-31-32-23(29)20(24(33)30-27(32)37-25)13-16-7-12-21(22(14-16)35-2)36-26(34)17-8-10-18(28)11-9-17/h3-14,29H,1-2H3. The van der Waals surface area contributed by atoms with Gasteiger partial charge in [-0.1, -0.05) is 30.3 Å². The van der Waals surface area contributed by atoms with Gasteiger partial charge in [0, 0.05) is 5.56 Å². The quantitative estimate of drug-likeness (QED) is 0.291. The van der Waals surface area contributed by atoms with Gasteiger partial charge >= 0.3 is 5.97 Å². The average molecular weight is 515 g/mol. The number of thioether (sulfide) groups is 1. The second-order valence-electron chi connectivity index (χ2n) is 8.05. The van der Waals surface area contributed by atoms with Gasteiger partial charge in [0.05, 0.1) is 18.2 Å². The number of aryl methyl sites for hydroxylation is 1. The van der Waals surface area contributed by atoms with E-state index in [2.05, 4.69) is 10.1 Å². The minimum atomic E-state index is -0.677. The molecule has 0 saturated carbocycles. The fraction of sp³-hybridized carbons (Fsp3) is 0.0741. The van der Waals surface area contributed by atoms with Crippen molar-refractivity contribution in [2.24, 2.45) is 10.1 Å². The Morgan fingerprint density at radius 3 is 2.57 bits per heavy atom. The van der Waals surface area contributed by atoms with E-state index in [4.69, 9.17) is 14.9 Å². The minimum Gasteiger partial charge on any atom is -0.493 e. The zero-order valence-corrected chi connectivity index (χ0v) is 20.5. The molecular formula is C27H19FN4O4S. The van der Waals surface area contributed by atoms with Crippen molar-refractivity contribution in [1.29, 1.82) is 5.41 Å². The first-order valence-corrected chi connectivity index (χ1v) is 11.9. The zero-order valence-electron chi connectivity index (χ0n) is 19.7. The molecule has 1 N–H and O–H groups in total. The molecule has 0 radical (unpaired) electrons. The van der Waals surface area contributed by atoms with Crippen molar-refractivity contribution in [1.82, 2.24) is 5.01 Å². The Labute approximate surface area is 215 Å². The fourth-order valence-corrected chi connectivity index (χ4v) is 4.67. The predicted molar refractivity (Wildman–Crippen MR) is 140 cm³/mol. The van der Waals surface area contributed by atoms with Gasteiger partial charge in [-0.15, -0.1) is 0 Å². The van der Waals surface area contributed by atoms with Gasteiger partial charge in [0.1, 0.15) is 10.9 Å². The highest BCUT2D eigenvalue weighted by Gasteiger charge is 2.36. The summed E-state index contributed by atoms with van der Waals surface area (Å²) in [6.07, 6.45) is 1.50. The zero-order chi connectivity index (χ0) is 26.1. The van der Waals surface area contributed by atoms with Crippen LogP contribution in [0.25, 0.3) is 6.08 Å². The number of amides is 1. The monoisotopic (exact) mass is 514 g/mol. The Kier molecular flexibility index (Phi) is 6.41. The van der Waals surface area contributed by atoms with Crippen LogP contribution in [0.2, 0.25) is 0 Å². The molecule has 0 aliphatic carbocycles. The molecule has 0 atom stereocenters. The second kappa shape index (κ2) is 9.82. The van der Waals surface area contributed by atoms with Gasteiger partial charge in [0.2, 0.25) is 5.17 Å². The number of carbonyl (C=O) groups excluding carboxylic acids is 2. The highest BCUT2D eigenvalue weighted by atomic mass is 32.2. The van der Waals surface area contributed by atoms with Crippen LogP contribution in [0.4, 0.5) is 4.39 Å². The predicted octanol–water partition coefficient (Wildman–Crippen LogP) is 5.03. The third kappa shape index (κ3) is 4.78. The molecule has 3 aromatic carbocycles. The number of aliphatic imine (C=N–C) groups is 1. The summed E-state index contributed by atoms with van der Waals surface area (Å²) >= 11 is 1.24. The fourth-order valence-electron chi connectivity index (χ4n) is 3.68. The van der Waals surface area contributed by atoms with E-state index in [0.717, 1.165) is 11.1 Å². The van der Waals surface area contributed by atoms with E-state index in [1.54, 1.807) is 12.1 Å². The van der Waals surface area contributed by atoms with Crippen molar-refractivity contribution >= 4 is 45.8 Å². The molecule has 0 spiro atoms. The third-order valence-corrected chi connectivity index (χ3v) is 6.55. The van der Waals surface area contributed by atoms with Gasteiger partial charge in [-0.05, 0) is 72.3 Å². The number of ether oxygens (including phenoxy) is 2. The van der Waals surface area contributed by atoms with Crippen LogP contribution < -0.4 is 9.47 Å². The van der Waals surface area contributed by atoms with E-state index >= 15 is 0 Å². The number of nitrogens with one attached hydrogen (secondary N) is 1. The highest BCUT2D eigenvalue weighted by Crippen LogP contribution is 2.33. The van der Waals surface area contributed by atoms with Crippen LogP contribution in [-0.4, -0.2) is 40.0 Å². The molecule has 1 amide bonds. The summed E-state index contributed by atoms with van der Waals surface area (Å²) < 4.78 is 23.9. The van der Waals surface area contributed by atoms with Crippen LogP contribution in [0.5, 0.6) is 11.5 Å². The molecule has 8 nitrogen and oxygen atoms in total. The molecule has 0 unspecified atom stereocenters. The number of fused-ring (bicyclic) bond motifs is 1. The van der Waals surface area contributed by atoms with Crippen LogP contribution in [0.3, 0.4) is 0 Å². The number of hydrogen-bond donors (Lipinski definition) is 1. The Bertz CT molecular complexity index is 1550. The number of hydrazone groups is 1. The number of methoxy groups -OCH3 is 1. The molecule has 0 aromatic heterocycles. The summed E-state index contributed by atoms with van der Waals surface area (Å²) in [6.45, 7) is 1.97. The first-order chi connectivity index (χ1) is 17.8. The lowest BCUT2D eigenvalue weighted by Gasteiger charge is -2.20. The number of halogens is 1. The van der Waals surface area contributed by atoms with Gasteiger partial charge in [0.25, 0.3) is 5.91 Å². The molecule has 2 aliphatic rings. The highest BCUT2D eigenvalue weighted by molar-refractivity contribution is 8.27. The van der Waals surface area contributed by atoms with Crippen LogP contribution >= 0.6 is 11.8 Å². The van der Waals surface area contributed by atoms with E-state index in [0.29, 0.717) is 15.8 Å². The van der Waals surface area contributed by atoms with Crippen molar-refractivity contribution in [3.63, 3.8) is 0 Å². The van der Waals surface area contributed by atoms with Crippen LogP contribution in [0, 0.1) is 18.2 Å². The van der Waals surface area contributed by atoms with Gasteiger partial charge in [-0.2, -0.15) is 15.1 Å².